The summed E-state index contributed by atoms with van der Waals surface area (Å²) in [4.78, 5) is 18.2. The van der Waals surface area contributed by atoms with E-state index in [1.807, 2.05) is 6.92 Å². The number of anilines is 1. The number of carbonyl (C=O) groups is 1. The van der Waals surface area contributed by atoms with Crippen LogP contribution in [0.5, 0.6) is 5.75 Å². The molecule has 10 heteroatoms. The van der Waals surface area contributed by atoms with E-state index in [9.17, 15) is 17.6 Å². The van der Waals surface area contributed by atoms with Gasteiger partial charge in [0.1, 0.15) is 16.5 Å². The molecule has 0 atom stereocenters. The Balaban J connectivity index is 1.55. The van der Waals surface area contributed by atoms with Crippen LogP contribution < -0.4 is 10.1 Å². The second-order valence-corrected chi connectivity index (χ2v) is 11.3. The molecule has 180 valence electrons. The molecule has 7 nitrogen and oxygen atoms in total. The van der Waals surface area contributed by atoms with Crippen LogP contribution in [0.4, 0.5) is 10.1 Å². The lowest BCUT2D eigenvalue weighted by Gasteiger charge is -2.26. The molecule has 0 aliphatic carbocycles. The van der Waals surface area contributed by atoms with Gasteiger partial charge in [-0.2, -0.15) is 4.31 Å². The Morgan fingerprint density at radius 1 is 1.15 bits per heavy atom. The van der Waals surface area contributed by atoms with E-state index in [2.05, 4.69) is 10.3 Å². The molecule has 1 saturated heterocycles. The van der Waals surface area contributed by atoms with Gasteiger partial charge in [-0.25, -0.2) is 17.8 Å². The topological polar surface area (TPSA) is 88.6 Å². The van der Waals surface area contributed by atoms with Crippen LogP contribution in [0.2, 0.25) is 0 Å². The van der Waals surface area contributed by atoms with Crippen molar-refractivity contribution >= 4 is 33.0 Å². The molecule has 0 saturated carbocycles. The number of piperidine rings is 1. The van der Waals surface area contributed by atoms with Crippen molar-refractivity contribution in [2.24, 2.45) is 0 Å². The highest BCUT2D eigenvalue weighted by molar-refractivity contribution is 7.89. The first-order valence-electron chi connectivity index (χ1n) is 11.0. The number of nitrogens with one attached hydrogen (secondary N) is 1. The molecule has 1 aromatic heterocycles. The lowest BCUT2D eigenvalue weighted by molar-refractivity contribution is -0.115. The number of methoxy groups -OCH3 is 1. The Hall–Kier alpha value is -2.82. The third-order valence-corrected chi connectivity index (χ3v) is 8.51. The van der Waals surface area contributed by atoms with Crippen molar-refractivity contribution in [1.82, 2.24) is 9.29 Å². The number of carbonyl (C=O) groups excluding carboxylic acids is 1. The highest BCUT2D eigenvalue weighted by Gasteiger charge is 2.29. The maximum absolute atomic E-state index is 13.3. The van der Waals surface area contributed by atoms with Gasteiger partial charge in [-0.15, -0.1) is 11.3 Å². The molecule has 0 spiro atoms. The largest absolute Gasteiger partial charge is 0.495 e. The predicted octanol–water partition coefficient (Wildman–Crippen LogP) is 4.62. The van der Waals surface area contributed by atoms with Crippen LogP contribution in [0, 0.1) is 12.7 Å². The number of sulfonamides is 1. The fraction of sp³-hybridized carbons (Fsp3) is 0.333. The molecule has 1 amide bonds. The Morgan fingerprint density at radius 3 is 2.53 bits per heavy atom. The Bertz CT molecular complexity index is 1280. The number of nitrogens with zero attached hydrogens (tertiary/aromatic N) is 2. The Labute approximate surface area is 202 Å². The van der Waals surface area contributed by atoms with Crippen molar-refractivity contribution in [3.63, 3.8) is 0 Å². The number of thiazole rings is 1. The lowest BCUT2D eigenvalue weighted by atomic mass is 10.1. The molecular weight excluding hydrogens is 477 g/mol. The van der Waals surface area contributed by atoms with Crippen molar-refractivity contribution < 1.29 is 22.3 Å². The standard InChI is InChI=1S/C24H26FN3O4S2/c1-16-26-24(17-6-8-18(25)9-7-17)21(33-16)15-23(29)27-19-10-11-20(32-2)22(14-19)34(30,31)28-12-4-3-5-13-28/h6-11,14H,3-5,12-13,15H2,1-2H3,(H,27,29). The molecule has 34 heavy (non-hydrogen) atoms. The van der Waals surface area contributed by atoms with E-state index in [0.29, 0.717) is 24.5 Å². The van der Waals surface area contributed by atoms with E-state index < -0.39 is 10.0 Å². The molecular formula is C24H26FN3O4S2. The monoisotopic (exact) mass is 503 g/mol. The summed E-state index contributed by atoms with van der Waals surface area (Å²) >= 11 is 1.40. The van der Waals surface area contributed by atoms with E-state index in [1.165, 1.54) is 41.0 Å². The van der Waals surface area contributed by atoms with E-state index in [1.54, 1.807) is 24.3 Å². The summed E-state index contributed by atoms with van der Waals surface area (Å²) < 4.78 is 46.5. The summed E-state index contributed by atoms with van der Waals surface area (Å²) in [5.41, 5.74) is 1.74. The quantitative estimate of drug-likeness (QED) is 0.508. The number of hydrogen-bond donors (Lipinski definition) is 1. The third kappa shape index (κ3) is 5.29. The van der Waals surface area contributed by atoms with Crippen LogP contribution in [0.1, 0.15) is 29.1 Å². The lowest BCUT2D eigenvalue weighted by Crippen LogP contribution is -2.35. The van der Waals surface area contributed by atoms with Crippen molar-refractivity contribution in [2.45, 2.75) is 37.5 Å². The zero-order chi connectivity index (χ0) is 24.3. The normalized spacial score (nSPS) is 14.7. The summed E-state index contributed by atoms with van der Waals surface area (Å²) in [6, 6.07) is 10.6. The van der Waals surface area contributed by atoms with Crippen LogP contribution in [0.3, 0.4) is 0 Å². The molecule has 2 aromatic carbocycles. The average molecular weight is 504 g/mol. The van der Waals surface area contributed by atoms with Gasteiger partial charge in [-0.05, 0) is 62.2 Å². The van der Waals surface area contributed by atoms with Gasteiger partial charge >= 0.3 is 0 Å². The van der Waals surface area contributed by atoms with Crippen LogP contribution in [-0.4, -0.2) is 43.8 Å². The average Bonchev–Trinajstić information content (AvgIpc) is 3.19. The summed E-state index contributed by atoms with van der Waals surface area (Å²) in [6.45, 7) is 2.79. The number of ether oxygens (including phenoxy) is 1. The Morgan fingerprint density at radius 2 is 1.85 bits per heavy atom. The summed E-state index contributed by atoms with van der Waals surface area (Å²) in [5, 5.41) is 3.59. The summed E-state index contributed by atoms with van der Waals surface area (Å²) in [6.07, 6.45) is 2.71. The van der Waals surface area contributed by atoms with E-state index >= 15 is 0 Å². The van der Waals surface area contributed by atoms with Gasteiger partial charge in [0.15, 0.2) is 0 Å². The smallest absolute Gasteiger partial charge is 0.246 e. The number of halogens is 1. The second kappa shape index (κ2) is 10.2. The number of benzene rings is 2. The first-order chi connectivity index (χ1) is 16.3. The van der Waals surface area contributed by atoms with Gasteiger partial charge in [0.05, 0.1) is 24.2 Å². The van der Waals surface area contributed by atoms with Gasteiger partial charge in [0.2, 0.25) is 15.9 Å². The number of aryl methyl sites for hydroxylation is 1. The molecule has 2 heterocycles. The van der Waals surface area contributed by atoms with Crippen molar-refractivity contribution in [2.75, 3.05) is 25.5 Å². The number of aromatic nitrogens is 1. The van der Waals surface area contributed by atoms with Crippen LogP contribution in [-0.2, 0) is 21.2 Å². The van der Waals surface area contributed by atoms with E-state index in [4.69, 9.17) is 4.74 Å². The van der Waals surface area contributed by atoms with Crippen LogP contribution >= 0.6 is 11.3 Å². The van der Waals surface area contributed by atoms with Gasteiger partial charge in [-0.1, -0.05) is 6.42 Å². The van der Waals surface area contributed by atoms with Crippen LogP contribution in [0.15, 0.2) is 47.4 Å². The van der Waals surface area contributed by atoms with Gasteiger partial charge in [-0.3, -0.25) is 4.79 Å². The molecule has 0 radical (unpaired) electrons. The Kier molecular flexibility index (Phi) is 7.30. The van der Waals surface area contributed by atoms with E-state index in [0.717, 1.165) is 34.7 Å². The fourth-order valence-corrected chi connectivity index (χ4v) is 6.63. The van der Waals surface area contributed by atoms with Gasteiger partial charge in [0, 0.05) is 29.2 Å². The molecule has 4 rings (SSSR count). The highest BCUT2D eigenvalue weighted by Crippen LogP contribution is 2.32. The first-order valence-corrected chi connectivity index (χ1v) is 13.2. The van der Waals surface area contributed by atoms with Crippen molar-refractivity contribution in [1.29, 1.82) is 0 Å². The summed E-state index contributed by atoms with van der Waals surface area (Å²) in [5.74, 6) is -0.413. The molecule has 1 aliphatic rings. The third-order valence-electron chi connectivity index (χ3n) is 5.62. The number of amides is 1. The minimum atomic E-state index is -3.75. The molecule has 0 bridgehead atoms. The molecule has 0 unspecified atom stereocenters. The fourth-order valence-electron chi connectivity index (χ4n) is 3.97. The molecule has 1 fully saturated rings. The predicted molar refractivity (Wildman–Crippen MR) is 130 cm³/mol. The maximum atomic E-state index is 13.3. The highest BCUT2D eigenvalue weighted by atomic mass is 32.2. The first kappa shape index (κ1) is 24.3. The number of rotatable bonds is 7. The molecule has 3 aromatic rings. The molecule has 1 aliphatic heterocycles. The maximum Gasteiger partial charge on any atom is 0.246 e. The molecule has 1 N–H and O–H groups in total. The number of hydrogen-bond acceptors (Lipinski definition) is 6. The van der Waals surface area contributed by atoms with Crippen molar-refractivity contribution in [3.8, 4) is 17.0 Å². The van der Waals surface area contributed by atoms with E-state index in [-0.39, 0.29) is 28.8 Å². The minimum absolute atomic E-state index is 0.0373. The minimum Gasteiger partial charge on any atom is -0.495 e. The summed E-state index contributed by atoms with van der Waals surface area (Å²) in [7, 11) is -2.32. The zero-order valence-electron chi connectivity index (χ0n) is 19.0. The second-order valence-electron chi connectivity index (χ2n) is 8.07. The SMILES string of the molecule is COc1ccc(NC(=O)Cc2sc(C)nc2-c2ccc(F)cc2)cc1S(=O)(=O)N1CCCCC1. The zero-order valence-corrected chi connectivity index (χ0v) is 20.6. The van der Waals surface area contributed by atoms with Gasteiger partial charge in [0.25, 0.3) is 0 Å². The van der Waals surface area contributed by atoms with Crippen LogP contribution in [0.25, 0.3) is 11.3 Å². The van der Waals surface area contributed by atoms with Crippen molar-refractivity contribution in [3.05, 3.63) is 58.2 Å². The van der Waals surface area contributed by atoms with Gasteiger partial charge < -0.3 is 10.1 Å².